The number of aromatic nitrogens is 1. The van der Waals surface area contributed by atoms with Gasteiger partial charge in [0.1, 0.15) is 5.03 Å². The van der Waals surface area contributed by atoms with Crippen LogP contribution in [0.3, 0.4) is 0 Å². The molecule has 2 N–H and O–H groups in total. The number of hydrazine groups is 1. The van der Waals surface area contributed by atoms with Gasteiger partial charge < -0.3 is 0 Å². The van der Waals surface area contributed by atoms with Crippen molar-refractivity contribution in [2.24, 2.45) is 5.84 Å². The first kappa shape index (κ1) is 7.72. The van der Waals surface area contributed by atoms with Crippen molar-refractivity contribution < 1.29 is 4.79 Å². The Morgan fingerprint density at radius 2 is 2.50 bits per heavy atom. The predicted octanol–water partition coefficient (Wildman–Crippen LogP) is 0.461. The number of carbonyl (C=O) groups is 1. The molecule has 0 radical (unpaired) electrons. The summed E-state index contributed by atoms with van der Waals surface area (Å²) in [7, 11) is 0. The first-order chi connectivity index (χ1) is 5.77. The fraction of sp³-hybridized carbons (Fsp3) is 0.143. The molecule has 0 fully saturated rings. The summed E-state index contributed by atoms with van der Waals surface area (Å²) >= 11 is 1.29. The van der Waals surface area contributed by atoms with E-state index in [0.717, 1.165) is 0 Å². The zero-order chi connectivity index (χ0) is 8.55. The number of hydrogen-bond acceptors (Lipinski definition) is 5. The fourth-order valence-corrected chi connectivity index (χ4v) is 1.84. The second-order valence-electron chi connectivity index (χ2n) is 2.45. The van der Waals surface area contributed by atoms with Crippen LogP contribution in [0.15, 0.2) is 23.4 Å². The normalized spacial score (nSPS) is 17.6. The molecule has 12 heavy (non-hydrogen) atoms. The van der Waals surface area contributed by atoms with Crippen LogP contribution in [0, 0.1) is 0 Å². The molecule has 0 spiro atoms. The second kappa shape index (κ2) is 2.85. The Kier molecular flexibility index (Phi) is 1.84. The molecule has 0 saturated heterocycles. The van der Waals surface area contributed by atoms with Crippen molar-refractivity contribution in [1.29, 1.82) is 0 Å². The van der Waals surface area contributed by atoms with Crippen LogP contribution in [0.2, 0.25) is 0 Å². The van der Waals surface area contributed by atoms with Gasteiger partial charge in [-0.15, -0.1) is 0 Å². The molecule has 0 aromatic carbocycles. The maximum Gasteiger partial charge on any atom is 0.182 e. The van der Waals surface area contributed by atoms with E-state index < -0.39 is 0 Å². The molecule has 0 unspecified atom stereocenters. The third kappa shape index (κ3) is 1.22. The van der Waals surface area contributed by atoms with Crippen molar-refractivity contribution in [2.45, 2.75) is 5.03 Å². The molecule has 0 bridgehead atoms. The lowest BCUT2D eigenvalue weighted by Gasteiger charge is -2.20. The molecule has 2 rings (SSSR count). The summed E-state index contributed by atoms with van der Waals surface area (Å²) in [4.78, 5) is 15.4. The van der Waals surface area contributed by atoms with Gasteiger partial charge in [-0.05, 0) is 24.1 Å². The van der Waals surface area contributed by atoms with Crippen LogP contribution >= 0.6 is 11.9 Å². The third-order valence-electron chi connectivity index (χ3n) is 1.57. The fourth-order valence-electron chi connectivity index (χ4n) is 1.05. The summed E-state index contributed by atoms with van der Waals surface area (Å²) in [5, 5.41) is 0.691. The molecule has 0 atom stereocenters. The molecule has 0 aliphatic carbocycles. The van der Waals surface area contributed by atoms with Gasteiger partial charge in [-0.25, -0.2) is 4.98 Å². The van der Waals surface area contributed by atoms with E-state index in [1.807, 2.05) is 0 Å². The maximum absolute atomic E-state index is 11.3. The van der Waals surface area contributed by atoms with Crippen LogP contribution < -0.4 is 5.84 Å². The minimum absolute atomic E-state index is 0.0272. The highest BCUT2D eigenvalue weighted by atomic mass is 32.2. The van der Waals surface area contributed by atoms with Gasteiger partial charge in [0.15, 0.2) is 5.78 Å². The Hall–Kier alpha value is -0.910. The number of nitrogens with two attached hydrogens (primary N) is 1. The highest BCUT2D eigenvalue weighted by molar-refractivity contribution is 7.97. The number of fused-ring (bicyclic) bond motifs is 1. The van der Waals surface area contributed by atoms with Crippen LogP contribution in [-0.2, 0) is 0 Å². The lowest BCUT2D eigenvalue weighted by Crippen LogP contribution is -2.33. The third-order valence-corrected chi connectivity index (χ3v) is 2.44. The largest absolute Gasteiger partial charge is 0.293 e. The molecule has 0 saturated carbocycles. The predicted molar refractivity (Wildman–Crippen MR) is 45.3 cm³/mol. The Morgan fingerprint density at radius 3 is 3.33 bits per heavy atom. The minimum Gasteiger partial charge on any atom is -0.293 e. The number of ketones is 1. The van der Waals surface area contributed by atoms with Gasteiger partial charge >= 0.3 is 0 Å². The van der Waals surface area contributed by atoms with Gasteiger partial charge in [0.25, 0.3) is 0 Å². The molecule has 62 valence electrons. The average Bonchev–Trinajstić information content (AvgIpc) is 2.04. The Balaban J connectivity index is 2.47. The highest BCUT2D eigenvalue weighted by Gasteiger charge is 2.22. The first-order valence-corrected chi connectivity index (χ1v) is 4.23. The summed E-state index contributed by atoms with van der Waals surface area (Å²) in [5.41, 5.74) is 0.671. The standard InChI is InChI=1S/C7H7N3OS/c8-10-4-6(11)5-2-1-3-9-7(5)12-10/h1-3H,4,8H2. The van der Waals surface area contributed by atoms with Crippen molar-refractivity contribution in [3.05, 3.63) is 23.9 Å². The molecule has 5 heteroatoms. The summed E-state index contributed by atoms with van der Waals surface area (Å²) in [6.07, 6.45) is 1.65. The molecule has 1 aliphatic heterocycles. The average molecular weight is 181 g/mol. The number of carbonyl (C=O) groups excluding carboxylic acids is 1. The van der Waals surface area contributed by atoms with Crippen molar-refractivity contribution in [2.75, 3.05) is 6.54 Å². The minimum atomic E-state index is 0.0272. The van der Waals surface area contributed by atoms with E-state index in [4.69, 9.17) is 5.84 Å². The number of rotatable bonds is 0. The van der Waals surface area contributed by atoms with E-state index in [9.17, 15) is 4.79 Å². The van der Waals surface area contributed by atoms with E-state index in [-0.39, 0.29) is 12.3 Å². The van der Waals surface area contributed by atoms with E-state index in [1.54, 1.807) is 18.3 Å². The summed E-state index contributed by atoms with van der Waals surface area (Å²) in [6, 6.07) is 3.52. The van der Waals surface area contributed by atoms with Crippen LogP contribution in [0.4, 0.5) is 0 Å². The van der Waals surface area contributed by atoms with Gasteiger partial charge in [-0.3, -0.25) is 10.6 Å². The summed E-state index contributed by atoms with van der Waals surface area (Å²) in [5.74, 6) is 5.50. The first-order valence-electron chi connectivity index (χ1n) is 3.46. The van der Waals surface area contributed by atoms with Gasteiger partial charge in [0.2, 0.25) is 0 Å². The number of hydrogen-bond donors (Lipinski definition) is 1. The molecule has 1 aromatic heterocycles. The topological polar surface area (TPSA) is 59.2 Å². The SMILES string of the molecule is NN1CC(=O)c2cccnc2S1. The van der Waals surface area contributed by atoms with Crippen LogP contribution in [0.25, 0.3) is 0 Å². The molecule has 1 aromatic rings. The van der Waals surface area contributed by atoms with Gasteiger partial charge in [0.05, 0.1) is 12.1 Å². The zero-order valence-corrected chi connectivity index (χ0v) is 7.04. The Bertz CT molecular complexity index is 328. The van der Waals surface area contributed by atoms with E-state index >= 15 is 0 Å². The van der Waals surface area contributed by atoms with Crippen molar-refractivity contribution >= 4 is 17.7 Å². The second-order valence-corrected chi connectivity index (χ2v) is 3.48. The van der Waals surface area contributed by atoms with Crippen molar-refractivity contribution in [3.63, 3.8) is 0 Å². The van der Waals surface area contributed by atoms with Gasteiger partial charge in [-0.2, -0.15) is 4.41 Å². The molecule has 0 amide bonds. The lowest BCUT2D eigenvalue weighted by molar-refractivity contribution is 0.0962. The maximum atomic E-state index is 11.3. The van der Waals surface area contributed by atoms with Crippen molar-refractivity contribution in [3.8, 4) is 0 Å². The number of nitrogens with zero attached hydrogens (tertiary/aromatic N) is 2. The van der Waals surface area contributed by atoms with E-state index in [1.165, 1.54) is 16.4 Å². The molecule has 2 heterocycles. The van der Waals surface area contributed by atoms with Crippen LogP contribution in [-0.4, -0.2) is 21.7 Å². The molecule has 4 nitrogen and oxygen atoms in total. The summed E-state index contributed by atoms with van der Waals surface area (Å²) in [6.45, 7) is 0.253. The summed E-state index contributed by atoms with van der Waals surface area (Å²) < 4.78 is 1.39. The van der Waals surface area contributed by atoms with E-state index in [0.29, 0.717) is 10.6 Å². The molecular weight excluding hydrogens is 174 g/mol. The smallest absolute Gasteiger partial charge is 0.182 e. The van der Waals surface area contributed by atoms with Gasteiger partial charge in [0, 0.05) is 6.20 Å². The van der Waals surface area contributed by atoms with E-state index in [2.05, 4.69) is 4.98 Å². The molecular formula is C7H7N3OS. The van der Waals surface area contributed by atoms with Crippen LogP contribution in [0.5, 0.6) is 0 Å². The monoisotopic (exact) mass is 181 g/mol. The van der Waals surface area contributed by atoms with Gasteiger partial charge in [-0.1, -0.05) is 0 Å². The molecule has 1 aliphatic rings. The Morgan fingerprint density at radius 1 is 1.67 bits per heavy atom. The quantitative estimate of drug-likeness (QED) is 0.465. The number of Topliss-reactive ketones (excluding diaryl/α,β-unsaturated/α-hetero) is 1. The van der Waals surface area contributed by atoms with Crippen LogP contribution in [0.1, 0.15) is 10.4 Å². The lowest BCUT2D eigenvalue weighted by atomic mass is 10.2. The number of pyridine rings is 1. The Labute approximate surface area is 73.9 Å². The van der Waals surface area contributed by atoms with Crippen molar-refractivity contribution in [1.82, 2.24) is 9.40 Å². The highest BCUT2D eigenvalue weighted by Crippen LogP contribution is 2.26. The zero-order valence-electron chi connectivity index (χ0n) is 6.23.